The summed E-state index contributed by atoms with van der Waals surface area (Å²) in [5.74, 6) is 0. The molecule has 0 aliphatic carbocycles. The third-order valence-electron chi connectivity index (χ3n) is 1.95. The number of urea groups is 1. The molecule has 0 aliphatic rings. The third kappa shape index (κ3) is 3.81. The molecular weight excluding hydrogens is 202 g/mol. The first-order valence-corrected chi connectivity index (χ1v) is 5.23. The van der Waals surface area contributed by atoms with Crippen LogP contribution in [0.15, 0.2) is 18.2 Å². The fraction of sp³-hybridized carbons (Fsp3) is 0.417. The number of hydrogen-bond donors (Lipinski definition) is 3. The normalized spacial score (nSPS) is 11.0. The van der Waals surface area contributed by atoms with Gasteiger partial charge in [-0.1, -0.05) is 6.07 Å². The highest BCUT2D eigenvalue weighted by Crippen LogP contribution is 2.19. The van der Waals surface area contributed by atoms with E-state index >= 15 is 0 Å². The van der Waals surface area contributed by atoms with E-state index in [0.717, 1.165) is 5.56 Å². The fourth-order valence-corrected chi connectivity index (χ4v) is 1.27. The van der Waals surface area contributed by atoms with E-state index in [2.05, 4.69) is 10.6 Å². The SMILES string of the molecule is Cc1ccc(N)c(NC(=O)NC(C)(C)C)c1. The minimum atomic E-state index is -0.261. The molecule has 0 radical (unpaired) electrons. The van der Waals surface area contributed by atoms with E-state index in [1.807, 2.05) is 39.8 Å². The van der Waals surface area contributed by atoms with Gasteiger partial charge in [-0.25, -0.2) is 4.79 Å². The van der Waals surface area contributed by atoms with E-state index in [1.165, 1.54) is 0 Å². The molecule has 0 fully saturated rings. The average Bonchev–Trinajstić information content (AvgIpc) is 2.08. The van der Waals surface area contributed by atoms with Crippen LogP contribution in [0.4, 0.5) is 16.2 Å². The number of rotatable bonds is 1. The number of amides is 2. The molecule has 0 aliphatic heterocycles. The first-order chi connectivity index (χ1) is 7.28. The molecule has 0 bridgehead atoms. The van der Waals surface area contributed by atoms with E-state index in [9.17, 15) is 4.79 Å². The van der Waals surface area contributed by atoms with Crippen molar-refractivity contribution in [2.45, 2.75) is 33.2 Å². The lowest BCUT2D eigenvalue weighted by atomic mass is 10.1. The molecule has 0 unspecified atom stereocenters. The van der Waals surface area contributed by atoms with Gasteiger partial charge in [-0.15, -0.1) is 0 Å². The summed E-state index contributed by atoms with van der Waals surface area (Å²) in [5, 5.41) is 5.54. The van der Waals surface area contributed by atoms with Crippen LogP contribution >= 0.6 is 0 Å². The van der Waals surface area contributed by atoms with E-state index in [4.69, 9.17) is 5.73 Å². The van der Waals surface area contributed by atoms with Crippen LogP contribution in [0.2, 0.25) is 0 Å². The Morgan fingerprint density at radius 2 is 1.94 bits per heavy atom. The van der Waals surface area contributed by atoms with E-state index in [1.54, 1.807) is 6.07 Å². The number of nitrogen functional groups attached to an aromatic ring is 1. The van der Waals surface area contributed by atoms with Crippen molar-refractivity contribution in [2.24, 2.45) is 0 Å². The maximum atomic E-state index is 11.6. The zero-order valence-corrected chi connectivity index (χ0v) is 10.2. The van der Waals surface area contributed by atoms with Crippen LogP contribution in [0.5, 0.6) is 0 Å². The van der Waals surface area contributed by atoms with Gasteiger partial charge in [0.1, 0.15) is 0 Å². The summed E-state index contributed by atoms with van der Waals surface area (Å²) in [5.41, 5.74) is 7.76. The summed E-state index contributed by atoms with van der Waals surface area (Å²) in [6.07, 6.45) is 0. The average molecular weight is 221 g/mol. The van der Waals surface area contributed by atoms with Crippen LogP contribution < -0.4 is 16.4 Å². The number of carbonyl (C=O) groups is 1. The fourth-order valence-electron chi connectivity index (χ4n) is 1.27. The van der Waals surface area contributed by atoms with Gasteiger partial charge in [0.15, 0.2) is 0 Å². The summed E-state index contributed by atoms with van der Waals surface area (Å²) in [4.78, 5) is 11.6. The Hall–Kier alpha value is -1.71. The molecule has 4 heteroatoms. The van der Waals surface area contributed by atoms with Crippen LogP contribution in [0.25, 0.3) is 0 Å². The predicted octanol–water partition coefficient (Wildman–Crippen LogP) is 2.50. The van der Waals surface area contributed by atoms with E-state index in [0.29, 0.717) is 11.4 Å². The first-order valence-electron chi connectivity index (χ1n) is 5.23. The quantitative estimate of drug-likeness (QED) is 0.638. The standard InChI is InChI=1S/C12H19N3O/c1-8-5-6-9(13)10(7-8)14-11(16)15-12(2,3)4/h5-7H,13H2,1-4H3,(H2,14,15,16). The summed E-state index contributed by atoms with van der Waals surface area (Å²) >= 11 is 0. The highest BCUT2D eigenvalue weighted by Gasteiger charge is 2.14. The van der Waals surface area contributed by atoms with Gasteiger partial charge in [-0.3, -0.25) is 0 Å². The number of carbonyl (C=O) groups excluding carboxylic acids is 1. The molecule has 0 atom stereocenters. The van der Waals surface area contributed by atoms with Crippen molar-refractivity contribution in [3.63, 3.8) is 0 Å². The van der Waals surface area contributed by atoms with Crippen molar-refractivity contribution in [3.05, 3.63) is 23.8 Å². The maximum Gasteiger partial charge on any atom is 0.319 e. The van der Waals surface area contributed by atoms with Gasteiger partial charge in [-0.05, 0) is 45.4 Å². The molecule has 16 heavy (non-hydrogen) atoms. The molecule has 0 spiro atoms. The molecule has 0 saturated carbocycles. The molecular formula is C12H19N3O. The Bertz CT molecular complexity index is 394. The van der Waals surface area contributed by atoms with E-state index in [-0.39, 0.29) is 11.6 Å². The van der Waals surface area contributed by atoms with Crippen molar-refractivity contribution < 1.29 is 4.79 Å². The summed E-state index contributed by atoms with van der Waals surface area (Å²) < 4.78 is 0. The van der Waals surface area contributed by atoms with Crippen LogP contribution in [0, 0.1) is 6.92 Å². The smallest absolute Gasteiger partial charge is 0.319 e. The molecule has 0 aromatic heterocycles. The predicted molar refractivity (Wildman–Crippen MR) is 67.5 cm³/mol. The zero-order chi connectivity index (χ0) is 12.3. The largest absolute Gasteiger partial charge is 0.397 e. The lowest BCUT2D eigenvalue weighted by molar-refractivity contribution is 0.244. The molecule has 1 rings (SSSR count). The number of nitrogens with two attached hydrogens (primary N) is 1. The number of aryl methyl sites for hydroxylation is 1. The molecule has 2 amide bonds. The first kappa shape index (κ1) is 12.4. The topological polar surface area (TPSA) is 67.1 Å². The Balaban J connectivity index is 2.73. The van der Waals surface area contributed by atoms with Gasteiger partial charge in [0.25, 0.3) is 0 Å². The van der Waals surface area contributed by atoms with Gasteiger partial charge in [0.2, 0.25) is 0 Å². The van der Waals surface area contributed by atoms with Crippen LogP contribution in [0.3, 0.4) is 0 Å². The molecule has 0 saturated heterocycles. The second-order valence-corrected chi connectivity index (χ2v) is 4.92. The highest BCUT2D eigenvalue weighted by molar-refractivity contribution is 5.93. The molecule has 1 aromatic carbocycles. The Morgan fingerprint density at radius 3 is 2.50 bits per heavy atom. The Labute approximate surface area is 96.2 Å². The van der Waals surface area contributed by atoms with Crippen LogP contribution in [-0.2, 0) is 0 Å². The molecule has 4 N–H and O–H groups in total. The van der Waals surface area contributed by atoms with Crippen molar-refractivity contribution in [2.75, 3.05) is 11.1 Å². The second kappa shape index (κ2) is 4.43. The minimum Gasteiger partial charge on any atom is -0.397 e. The zero-order valence-electron chi connectivity index (χ0n) is 10.2. The monoisotopic (exact) mass is 221 g/mol. The van der Waals surface area contributed by atoms with E-state index < -0.39 is 0 Å². The summed E-state index contributed by atoms with van der Waals surface area (Å²) in [6.45, 7) is 7.72. The molecule has 1 aromatic rings. The Morgan fingerprint density at radius 1 is 1.31 bits per heavy atom. The van der Waals surface area contributed by atoms with Crippen molar-refractivity contribution >= 4 is 17.4 Å². The van der Waals surface area contributed by atoms with Gasteiger partial charge in [-0.2, -0.15) is 0 Å². The van der Waals surface area contributed by atoms with Crippen molar-refractivity contribution in [3.8, 4) is 0 Å². The number of anilines is 2. The maximum absolute atomic E-state index is 11.6. The summed E-state index contributed by atoms with van der Waals surface area (Å²) in [6, 6.07) is 5.28. The van der Waals surface area contributed by atoms with Gasteiger partial charge in [0.05, 0.1) is 11.4 Å². The van der Waals surface area contributed by atoms with Crippen molar-refractivity contribution in [1.82, 2.24) is 5.32 Å². The lowest BCUT2D eigenvalue weighted by Crippen LogP contribution is -2.43. The molecule has 4 nitrogen and oxygen atoms in total. The highest BCUT2D eigenvalue weighted by atomic mass is 16.2. The van der Waals surface area contributed by atoms with Gasteiger partial charge >= 0.3 is 6.03 Å². The van der Waals surface area contributed by atoms with Crippen LogP contribution in [-0.4, -0.2) is 11.6 Å². The van der Waals surface area contributed by atoms with Gasteiger partial charge < -0.3 is 16.4 Å². The van der Waals surface area contributed by atoms with Crippen molar-refractivity contribution in [1.29, 1.82) is 0 Å². The third-order valence-corrected chi connectivity index (χ3v) is 1.95. The molecule has 88 valence electrons. The molecule has 0 heterocycles. The number of nitrogens with one attached hydrogen (secondary N) is 2. The second-order valence-electron chi connectivity index (χ2n) is 4.92. The minimum absolute atomic E-state index is 0.246. The van der Waals surface area contributed by atoms with Gasteiger partial charge in [0, 0.05) is 5.54 Å². The summed E-state index contributed by atoms with van der Waals surface area (Å²) in [7, 11) is 0. The lowest BCUT2D eigenvalue weighted by Gasteiger charge is -2.21. The van der Waals surface area contributed by atoms with Crippen LogP contribution in [0.1, 0.15) is 26.3 Å². The Kier molecular flexibility index (Phi) is 3.42. The number of hydrogen-bond acceptors (Lipinski definition) is 2. The number of benzene rings is 1.